The second kappa shape index (κ2) is 6.03. The molecule has 0 heterocycles. The molecule has 0 aliphatic rings. The third-order valence-corrected chi connectivity index (χ3v) is 3.41. The van der Waals surface area contributed by atoms with Crippen LogP contribution in [-0.4, -0.2) is 13.0 Å². The van der Waals surface area contributed by atoms with Crippen LogP contribution in [0.4, 0.5) is 11.4 Å². The summed E-state index contributed by atoms with van der Waals surface area (Å²) < 4.78 is 5.09. The van der Waals surface area contributed by atoms with E-state index in [2.05, 4.69) is 5.32 Å². The summed E-state index contributed by atoms with van der Waals surface area (Å²) in [5, 5.41) is 3.46. The highest BCUT2D eigenvalue weighted by atomic mass is 35.5. The van der Waals surface area contributed by atoms with Crippen molar-refractivity contribution in [2.24, 2.45) is 0 Å². The molecule has 0 spiro atoms. The quantitative estimate of drug-likeness (QED) is 0.847. The standard InChI is InChI=1S/C14H12Cl2N2O2/c1-20-13-7-9(3-5-12(13)17)18-14(19)8-2-4-10(15)11(16)6-8/h2-7H,17H2,1H3,(H,18,19). The number of nitrogens with one attached hydrogen (secondary N) is 1. The summed E-state index contributed by atoms with van der Waals surface area (Å²) in [6.45, 7) is 0. The van der Waals surface area contributed by atoms with E-state index in [9.17, 15) is 4.79 Å². The topological polar surface area (TPSA) is 64.3 Å². The summed E-state index contributed by atoms with van der Waals surface area (Å²) in [5.74, 6) is 0.201. The van der Waals surface area contributed by atoms with Crippen molar-refractivity contribution in [3.63, 3.8) is 0 Å². The summed E-state index contributed by atoms with van der Waals surface area (Å²) in [5.41, 5.74) is 7.20. The maximum atomic E-state index is 12.1. The van der Waals surface area contributed by atoms with Crippen LogP contribution in [0.2, 0.25) is 10.0 Å². The van der Waals surface area contributed by atoms with Crippen LogP contribution in [0.15, 0.2) is 36.4 Å². The molecular weight excluding hydrogens is 299 g/mol. The number of rotatable bonds is 3. The summed E-state index contributed by atoms with van der Waals surface area (Å²) in [6.07, 6.45) is 0. The predicted molar refractivity (Wildman–Crippen MR) is 81.8 cm³/mol. The summed E-state index contributed by atoms with van der Waals surface area (Å²) in [7, 11) is 1.51. The van der Waals surface area contributed by atoms with Gasteiger partial charge in [0.05, 0.1) is 22.8 Å². The Hall–Kier alpha value is -1.91. The van der Waals surface area contributed by atoms with Crippen molar-refractivity contribution in [2.45, 2.75) is 0 Å². The third-order valence-electron chi connectivity index (χ3n) is 2.67. The molecule has 6 heteroatoms. The van der Waals surface area contributed by atoms with Gasteiger partial charge in [-0.1, -0.05) is 23.2 Å². The van der Waals surface area contributed by atoms with Crippen LogP contribution in [0.1, 0.15) is 10.4 Å². The number of amides is 1. The normalized spacial score (nSPS) is 10.2. The molecule has 2 aromatic carbocycles. The number of anilines is 2. The van der Waals surface area contributed by atoms with Gasteiger partial charge in [-0.25, -0.2) is 0 Å². The Morgan fingerprint density at radius 2 is 1.90 bits per heavy atom. The highest BCUT2D eigenvalue weighted by Crippen LogP contribution is 2.26. The average molecular weight is 311 g/mol. The van der Waals surface area contributed by atoms with E-state index in [0.717, 1.165) is 0 Å². The Kier molecular flexibility index (Phi) is 4.37. The van der Waals surface area contributed by atoms with Crippen molar-refractivity contribution in [3.05, 3.63) is 52.0 Å². The lowest BCUT2D eigenvalue weighted by atomic mass is 10.2. The molecule has 0 saturated heterocycles. The lowest BCUT2D eigenvalue weighted by Crippen LogP contribution is -2.12. The van der Waals surface area contributed by atoms with E-state index in [4.69, 9.17) is 33.7 Å². The number of carbonyl (C=O) groups excluding carboxylic acids is 1. The fourth-order valence-corrected chi connectivity index (χ4v) is 1.93. The number of methoxy groups -OCH3 is 1. The number of hydrogen-bond donors (Lipinski definition) is 2. The number of nitrogen functional groups attached to an aromatic ring is 1. The molecule has 104 valence electrons. The predicted octanol–water partition coefficient (Wildman–Crippen LogP) is 3.84. The van der Waals surface area contributed by atoms with Crippen molar-refractivity contribution < 1.29 is 9.53 Å². The van der Waals surface area contributed by atoms with E-state index in [0.29, 0.717) is 32.7 Å². The Morgan fingerprint density at radius 1 is 1.15 bits per heavy atom. The van der Waals surface area contributed by atoms with Crippen molar-refractivity contribution >= 4 is 40.5 Å². The fourth-order valence-electron chi connectivity index (χ4n) is 1.63. The highest BCUT2D eigenvalue weighted by Gasteiger charge is 2.09. The third kappa shape index (κ3) is 3.15. The van der Waals surface area contributed by atoms with E-state index >= 15 is 0 Å². The Balaban J connectivity index is 2.21. The largest absolute Gasteiger partial charge is 0.495 e. The van der Waals surface area contributed by atoms with Gasteiger partial charge in [0.25, 0.3) is 5.91 Å². The fraction of sp³-hybridized carbons (Fsp3) is 0.0714. The Labute approximate surface area is 126 Å². The van der Waals surface area contributed by atoms with Gasteiger partial charge in [0.1, 0.15) is 5.75 Å². The number of hydrogen-bond acceptors (Lipinski definition) is 3. The van der Waals surface area contributed by atoms with E-state index in [1.165, 1.54) is 13.2 Å². The molecule has 0 atom stereocenters. The number of halogens is 2. The molecule has 0 bridgehead atoms. The van der Waals surface area contributed by atoms with Gasteiger partial charge in [0.15, 0.2) is 0 Å². The lowest BCUT2D eigenvalue weighted by molar-refractivity contribution is 0.102. The molecule has 2 rings (SSSR count). The van der Waals surface area contributed by atoms with E-state index in [1.54, 1.807) is 30.3 Å². The molecule has 2 aromatic rings. The molecule has 0 saturated carbocycles. The minimum atomic E-state index is -0.296. The molecule has 0 aromatic heterocycles. The smallest absolute Gasteiger partial charge is 0.255 e. The van der Waals surface area contributed by atoms with Crippen LogP contribution >= 0.6 is 23.2 Å². The zero-order chi connectivity index (χ0) is 14.7. The van der Waals surface area contributed by atoms with Crippen LogP contribution in [-0.2, 0) is 0 Å². The van der Waals surface area contributed by atoms with E-state index in [1.807, 2.05) is 0 Å². The van der Waals surface area contributed by atoms with Gasteiger partial charge in [0.2, 0.25) is 0 Å². The van der Waals surface area contributed by atoms with Crippen molar-refractivity contribution in [2.75, 3.05) is 18.2 Å². The van der Waals surface area contributed by atoms with Crippen molar-refractivity contribution in [1.29, 1.82) is 0 Å². The van der Waals surface area contributed by atoms with Gasteiger partial charge < -0.3 is 15.8 Å². The van der Waals surface area contributed by atoms with Crippen molar-refractivity contribution in [1.82, 2.24) is 0 Å². The maximum absolute atomic E-state index is 12.1. The second-order valence-electron chi connectivity index (χ2n) is 4.04. The zero-order valence-corrected chi connectivity index (χ0v) is 12.1. The van der Waals surface area contributed by atoms with Crippen LogP contribution < -0.4 is 15.8 Å². The average Bonchev–Trinajstić information content (AvgIpc) is 2.43. The number of ether oxygens (including phenoxy) is 1. The maximum Gasteiger partial charge on any atom is 0.255 e. The zero-order valence-electron chi connectivity index (χ0n) is 10.6. The second-order valence-corrected chi connectivity index (χ2v) is 4.85. The van der Waals surface area contributed by atoms with E-state index in [-0.39, 0.29) is 5.91 Å². The molecule has 0 aliphatic heterocycles. The molecule has 1 amide bonds. The van der Waals surface area contributed by atoms with Crippen LogP contribution in [0, 0.1) is 0 Å². The summed E-state index contributed by atoms with van der Waals surface area (Å²) in [4.78, 5) is 12.1. The molecule has 3 N–H and O–H groups in total. The van der Waals surface area contributed by atoms with Crippen LogP contribution in [0.25, 0.3) is 0 Å². The first kappa shape index (κ1) is 14.5. The Bertz CT molecular complexity index is 660. The molecule has 0 fully saturated rings. The van der Waals surface area contributed by atoms with Gasteiger partial charge in [-0.15, -0.1) is 0 Å². The SMILES string of the molecule is COc1cc(NC(=O)c2ccc(Cl)c(Cl)c2)ccc1N. The molecular formula is C14H12Cl2N2O2. The number of nitrogens with two attached hydrogens (primary N) is 1. The first-order valence-corrected chi connectivity index (χ1v) is 6.47. The monoisotopic (exact) mass is 310 g/mol. The minimum absolute atomic E-state index is 0.296. The summed E-state index contributed by atoms with van der Waals surface area (Å²) in [6, 6.07) is 9.66. The molecule has 20 heavy (non-hydrogen) atoms. The van der Waals surface area contributed by atoms with Gasteiger partial charge in [-0.3, -0.25) is 4.79 Å². The van der Waals surface area contributed by atoms with Crippen molar-refractivity contribution in [3.8, 4) is 5.75 Å². The molecule has 0 aliphatic carbocycles. The van der Waals surface area contributed by atoms with E-state index < -0.39 is 0 Å². The summed E-state index contributed by atoms with van der Waals surface area (Å²) >= 11 is 11.7. The number of carbonyl (C=O) groups is 1. The first-order valence-electron chi connectivity index (χ1n) is 5.71. The molecule has 4 nitrogen and oxygen atoms in total. The van der Waals surface area contributed by atoms with Gasteiger partial charge in [0, 0.05) is 17.3 Å². The minimum Gasteiger partial charge on any atom is -0.495 e. The van der Waals surface area contributed by atoms with Gasteiger partial charge in [-0.2, -0.15) is 0 Å². The van der Waals surface area contributed by atoms with Crippen LogP contribution in [0.3, 0.4) is 0 Å². The molecule has 0 radical (unpaired) electrons. The Morgan fingerprint density at radius 3 is 2.55 bits per heavy atom. The number of benzene rings is 2. The molecule has 0 unspecified atom stereocenters. The lowest BCUT2D eigenvalue weighted by Gasteiger charge is -2.09. The first-order chi connectivity index (χ1) is 9.51. The van der Waals surface area contributed by atoms with Crippen LogP contribution in [0.5, 0.6) is 5.75 Å². The van der Waals surface area contributed by atoms with Gasteiger partial charge >= 0.3 is 0 Å². The van der Waals surface area contributed by atoms with Gasteiger partial charge in [-0.05, 0) is 30.3 Å². The highest BCUT2D eigenvalue weighted by molar-refractivity contribution is 6.42.